The molecule has 0 spiro atoms. The summed E-state index contributed by atoms with van der Waals surface area (Å²) in [6.45, 7) is 3.86. The van der Waals surface area contributed by atoms with Crippen LogP contribution in [0, 0.1) is 5.82 Å². The molecule has 3 rings (SSSR count). The number of likely N-dealkylation sites (tertiary alicyclic amines) is 1. The van der Waals surface area contributed by atoms with Crippen LogP contribution in [-0.2, 0) is 0 Å². The van der Waals surface area contributed by atoms with E-state index in [0.29, 0.717) is 35.2 Å². The van der Waals surface area contributed by atoms with Crippen LogP contribution in [0.15, 0.2) is 53.0 Å². The van der Waals surface area contributed by atoms with Crippen LogP contribution in [0.2, 0.25) is 0 Å². The Bertz CT molecular complexity index is 815. The summed E-state index contributed by atoms with van der Waals surface area (Å²) in [6.07, 6.45) is 2.27. The van der Waals surface area contributed by atoms with Crippen molar-refractivity contribution in [3.63, 3.8) is 0 Å². The molecule has 4 nitrogen and oxygen atoms in total. The smallest absolute Gasteiger partial charge is 0.254 e. The normalized spacial score (nSPS) is 14.8. The van der Waals surface area contributed by atoms with Gasteiger partial charge in [0.05, 0.1) is 0 Å². The van der Waals surface area contributed by atoms with Gasteiger partial charge in [-0.3, -0.25) is 9.59 Å². The Balaban J connectivity index is 1.69. The average molecular weight is 447 g/mol. The molecule has 0 radical (unpaired) electrons. The van der Waals surface area contributed by atoms with Gasteiger partial charge < -0.3 is 9.80 Å². The molecule has 1 aliphatic heterocycles. The molecule has 148 valence electrons. The molecule has 6 heteroatoms. The van der Waals surface area contributed by atoms with Gasteiger partial charge in [-0.25, -0.2) is 4.39 Å². The number of rotatable bonds is 5. The molecule has 2 aromatic carbocycles. The van der Waals surface area contributed by atoms with Crippen molar-refractivity contribution in [2.24, 2.45) is 0 Å². The molecule has 0 aliphatic carbocycles. The highest BCUT2D eigenvalue weighted by Gasteiger charge is 2.30. The lowest BCUT2D eigenvalue weighted by Gasteiger charge is -2.38. The molecule has 0 unspecified atom stereocenters. The molecule has 0 bridgehead atoms. The van der Waals surface area contributed by atoms with Gasteiger partial charge in [0.1, 0.15) is 5.82 Å². The first-order valence-corrected chi connectivity index (χ1v) is 10.4. The average Bonchev–Trinajstić information content (AvgIpc) is 2.71. The van der Waals surface area contributed by atoms with E-state index < -0.39 is 5.82 Å². The lowest BCUT2D eigenvalue weighted by molar-refractivity contribution is 0.0519. The number of hydrogen-bond donors (Lipinski definition) is 0. The zero-order valence-corrected chi connectivity index (χ0v) is 17.5. The lowest BCUT2D eigenvalue weighted by Crippen LogP contribution is -2.49. The van der Waals surface area contributed by atoms with Crippen LogP contribution >= 0.6 is 15.9 Å². The fourth-order valence-corrected chi connectivity index (χ4v) is 4.14. The first kappa shape index (κ1) is 20.5. The largest absolute Gasteiger partial charge is 0.338 e. The Morgan fingerprint density at radius 1 is 1.11 bits per heavy atom. The number of amides is 2. The van der Waals surface area contributed by atoms with Crippen LogP contribution in [0.5, 0.6) is 0 Å². The van der Waals surface area contributed by atoms with Crippen LogP contribution in [0.4, 0.5) is 4.39 Å². The van der Waals surface area contributed by atoms with E-state index in [4.69, 9.17) is 0 Å². The number of carbonyl (C=O) groups is 2. The number of piperidine rings is 1. The van der Waals surface area contributed by atoms with Gasteiger partial charge in [-0.2, -0.15) is 0 Å². The van der Waals surface area contributed by atoms with Gasteiger partial charge >= 0.3 is 0 Å². The minimum absolute atomic E-state index is 0.0291. The molecule has 0 saturated carbocycles. The molecular formula is C22H24BrFN2O2. The fourth-order valence-electron chi connectivity index (χ4n) is 3.68. The van der Waals surface area contributed by atoms with E-state index >= 15 is 0 Å². The summed E-state index contributed by atoms with van der Waals surface area (Å²) in [4.78, 5) is 29.3. The molecule has 1 heterocycles. The van der Waals surface area contributed by atoms with Crippen molar-refractivity contribution in [2.45, 2.75) is 32.2 Å². The van der Waals surface area contributed by atoms with Crippen molar-refractivity contribution < 1.29 is 14.0 Å². The van der Waals surface area contributed by atoms with E-state index in [9.17, 15) is 14.0 Å². The van der Waals surface area contributed by atoms with E-state index in [1.807, 2.05) is 47.1 Å². The number of carbonyl (C=O) groups excluding carboxylic acids is 2. The molecule has 0 atom stereocenters. The third kappa shape index (κ3) is 4.79. The quantitative estimate of drug-likeness (QED) is 0.664. The molecule has 1 fully saturated rings. The zero-order valence-electron chi connectivity index (χ0n) is 15.9. The van der Waals surface area contributed by atoms with Gasteiger partial charge in [0.2, 0.25) is 0 Å². The predicted molar refractivity (Wildman–Crippen MR) is 111 cm³/mol. The van der Waals surface area contributed by atoms with Gasteiger partial charge in [0.25, 0.3) is 11.8 Å². The van der Waals surface area contributed by atoms with Crippen molar-refractivity contribution in [3.8, 4) is 0 Å². The van der Waals surface area contributed by atoms with E-state index in [-0.39, 0.29) is 17.9 Å². The van der Waals surface area contributed by atoms with Crippen molar-refractivity contribution in [3.05, 3.63) is 69.9 Å². The van der Waals surface area contributed by atoms with Crippen molar-refractivity contribution in [2.75, 3.05) is 19.6 Å². The molecule has 1 saturated heterocycles. The van der Waals surface area contributed by atoms with E-state index in [0.717, 1.165) is 19.3 Å². The standard InChI is InChI=1S/C22H24BrFN2O2/c1-2-10-26(22(28)17-13-18(23)15-19(24)14-17)20-8-11-25(12-9-20)21(27)16-6-4-3-5-7-16/h3-7,13-15,20H,2,8-12H2,1H3. The minimum Gasteiger partial charge on any atom is -0.338 e. The maximum atomic E-state index is 13.7. The van der Waals surface area contributed by atoms with Crippen molar-refractivity contribution >= 4 is 27.7 Å². The fraction of sp³-hybridized carbons (Fsp3) is 0.364. The van der Waals surface area contributed by atoms with Crippen LogP contribution in [0.3, 0.4) is 0 Å². The topological polar surface area (TPSA) is 40.6 Å². The van der Waals surface area contributed by atoms with E-state index in [1.54, 1.807) is 6.07 Å². The Labute approximate surface area is 173 Å². The monoisotopic (exact) mass is 446 g/mol. The van der Waals surface area contributed by atoms with Crippen LogP contribution in [-0.4, -0.2) is 47.3 Å². The molecule has 2 amide bonds. The summed E-state index contributed by atoms with van der Waals surface area (Å²) in [6, 6.07) is 13.6. The Kier molecular flexibility index (Phi) is 6.83. The van der Waals surface area contributed by atoms with Gasteiger partial charge in [0.15, 0.2) is 0 Å². The maximum absolute atomic E-state index is 13.7. The van der Waals surface area contributed by atoms with Crippen molar-refractivity contribution in [1.82, 2.24) is 9.80 Å². The van der Waals surface area contributed by atoms with Crippen LogP contribution < -0.4 is 0 Å². The second-order valence-electron chi connectivity index (χ2n) is 7.05. The second-order valence-corrected chi connectivity index (χ2v) is 7.96. The summed E-state index contributed by atoms with van der Waals surface area (Å²) in [5.74, 6) is -0.561. The Hall–Kier alpha value is -2.21. The van der Waals surface area contributed by atoms with Crippen molar-refractivity contribution in [1.29, 1.82) is 0 Å². The Morgan fingerprint density at radius 3 is 2.39 bits per heavy atom. The molecular weight excluding hydrogens is 423 g/mol. The Morgan fingerprint density at radius 2 is 1.79 bits per heavy atom. The predicted octanol–water partition coefficient (Wildman–Crippen LogP) is 4.75. The summed E-state index contributed by atoms with van der Waals surface area (Å²) in [5, 5.41) is 0. The molecule has 28 heavy (non-hydrogen) atoms. The number of halogens is 2. The summed E-state index contributed by atoms with van der Waals surface area (Å²) < 4.78 is 14.3. The maximum Gasteiger partial charge on any atom is 0.254 e. The van der Waals surface area contributed by atoms with E-state index in [2.05, 4.69) is 15.9 Å². The second kappa shape index (κ2) is 9.32. The summed E-state index contributed by atoms with van der Waals surface area (Å²) in [5.41, 5.74) is 1.04. The first-order chi connectivity index (χ1) is 13.5. The first-order valence-electron chi connectivity index (χ1n) is 9.61. The highest BCUT2D eigenvalue weighted by atomic mass is 79.9. The summed E-state index contributed by atoms with van der Waals surface area (Å²) >= 11 is 3.26. The molecule has 0 N–H and O–H groups in total. The number of benzene rings is 2. The molecule has 1 aliphatic rings. The van der Waals surface area contributed by atoms with Gasteiger partial charge in [-0.15, -0.1) is 0 Å². The zero-order chi connectivity index (χ0) is 20.1. The molecule has 2 aromatic rings. The highest BCUT2D eigenvalue weighted by molar-refractivity contribution is 9.10. The number of hydrogen-bond acceptors (Lipinski definition) is 2. The third-order valence-electron chi connectivity index (χ3n) is 5.05. The molecule has 0 aromatic heterocycles. The highest BCUT2D eigenvalue weighted by Crippen LogP contribution is 2.23. The lowest BCUT2D eigenvalue weighted by atomic mass is 10.0. The SMILES string of the molecule is CCCN(C(=O)c1cc(F)cc(Br)c1)C1CCN(C(=O)c2ccccc2)CC1. The number of nitrogens with zero attached hydrogens (tertiary/aromatic N) is 2. The minimum atomic E-state index is -0.433. The third-order valence-corrected chi connectivity index (χ3v) is 5.51. The van der Waals surface area contributed by atoms with E-state index in [1.165, 1.54) is 12.1 Å². The summed E-state index contributed by atoms with van der Waals surface area (Å²) in [7, 11) is 0. The van der Waals surface area contributed by atoms with Gasteiger partial charge in [-0.1, -0.05) is 41.1 Å². The van der Waals surface area contributed by atoms with Crippen LogP contribution in [0.25, 0.3) is 0 Å². The van der Waals surface area contributed by atoms with Gasteiger partial charge in [0, 0.05) is 41.3 Å². The van der Waals surface area contributed by atoms with Gasteiger partial charge in [-0.05, 0) is 49.6 Å². The van der Waals surface area contributed by atoms with Crippen LogP contribution in [0.1, 0.15) is 46.9 Å².